The molecule has 0 atom stereocenters. The summed E-state index contributed by atoms with van der Waals surface area (Å²) in [5.41, 5.74) is -1.20. The molecule has 1 amide bonds. The summed E-state index contributed by atoms with van der Waals surface area (Å²) in [6.45, 7) is 0. The molecule has 0 saturated carbocycles. The summed E-state index contributed by atoms with van der Waals surface area (Å²) in [5, 5.41) is 2.42. The van der Waals surface area contributed by atoms with Gasteiger partial charge in [-0.15, -0.1) is 0 Å². The largest absolute Gasteiger partial charge is 0.457 e. The van der Waals surface area contributed by atoms with E-state index >= 15 is 0 Å². The van der Waals surface area contributed by atoms with Gasteiger partial charge >= 0.3 is 6.18 Å². The highest BCUT2D eigenvalue weighted by atomic mass is 32.2. The van der Waals surface area contributed by atoms with E-state index in [0.29, 0.717) is 12.1 Å². The Kier molecular flexibility index (Phi) is 6.35. The number of rotatable bonds is 6. The number of alkyl halides is 3. The van der Waals surface area contributed by atoms with Crippen LogP contribution in [0.3, 0.4) is 0 Å². The minimum Gasteiger partial charge on any atom is -0.457 e. The van der Waals surface area contributed by atoms with Crippen LogP contribution in [0.15, 0.2) is 65.7 Å². The van der Waals surface area contributed by atoms with Crippen molar-refractivity contribution in [1.29, 1.82) is 0 Å². The van der Waals surface area contributed by atoms with Crippen molar-refractivity contribution in [3.63, 3.8) is 0 Å². The van der Waals surface area contributed by atoms with Gasteiger partial charge in [-0.05, 0) is 48.5 Å². The second kappa shape index (κ2) is 8.83. The number of ether oxygens (including phenoxy) is 1. The number of hydrogen-bond acceptors (Lipinski definition) is 5. The lowest BCUT2D eigenvalue weighted by Gasteiger charge is -2.12. The number of sulfonamides is 1. The summed E-state index contributed by atoms with van der Waals surface area (Å²) in [5.74, 6) is -1.18. The highest BCUT2D eigenvalue weighted by Gasteiger charge is 2.33. The topological polar surface area (TPSA) is 97.4 Å². The van der Waals surface area contributed by atoms with Crippen LogP contribution in [0, 0.1) is 5.82 Å². The second-order valence-electron chi connectivity index (χ2n) is 6.33. The number of carbonyl (C=O) groups excluding carboxylic acids is 1. The molecule has 3 aromatic rings. The molecule has 1 heterocycles. The monoisotopic (exact) mass is 469 g/mol. The van der Waals surface area contributed by atoms with Crippen LogP contribution in [0.25, 0.3) is 0 Å². The van der Waals surface area contributed by atoms with Gasteiger partial charge in [-0.1, -0.05) is 0 Å². The molecule has 12 heteroatoms. The number of anilines is 1. The fourth-order valence-electron chi connectivity index (χ4n) is 2.55. The second-order valence-corrected chi connectivity index (χ2v) is 7.98. The quantitative estimate of drug-likeness (QED) is 0.528. The SMILES string of the molecule is CNC(=O)c1cc(Oc2ccc(NS(=O)(=O)c3cc(C(F)(F)F)ccc3F)cc2)ccn1. The zero-order valence-corrected chi connectivity index (χ0v) is 17.1. The Bertz CT molecular complexity index is 1250. The highest BCUT2D eigenvalue weighted by molar-refractivity contribution is 7.92. The summed E-state index contributed by atoms with van der Waals surface area (Å²) in [4.78, 5) is 14.4. The van der Waals surface area contributed by atoms with E-state index in [0.717, 1.165) is 0 Å². The predicted molar refractivity (Wildman–Crippen MR) is 106 cm³/mol. The minimum absolute atomic E-state index is 0.0325. The molecule has 0 fully saturated rings. The van der Waals surface area contributed by atoms with Crippen LogP contribution in [0.5, 0.6) is 11.5 Å². The molecule has 0 radical (unpaired) electrons. The van der Waals surface area contributed by atoms with E-state index in [9.17, 15) is 30.8 Å². The highest BCUT2D eigenvalue weighted by Crippen LogP contribution is 2.32. The van der Waals surface area contributed by atoms with Crippen molar-refractivity contribution >= 4 is 21.6 Å². The standard InChI is InChI=1S/C20H15F4N3O4S/c1-25-19(28)17-11-15(8-9-26-17)31-14-5-3-13(4-6-14)27-32(29,30)18-10-12(20(22,23)24)2-7-16(18)21/h2-11,27H,1H3,(H,25,28). The van der Waals surface area contributed by atoms with Crippen LogP contribution in [0.4, 0.5) is 23.2 Å². The number of carbonyl (C=O) groups is 1. The first-order valence-electron chi connectivity index (χ1n) is 8.85. The van der Waals surface area contributed by atoms with Crippen molar-refractivity contribution in [3.05, 3.63) is 77.9 Å². The van der Waals surface area contributed by atoms with Gasteiger partial charge in [0.05, 0.1) is 5.56 Å². The lowest BCUT2D eigenvalue weighted by atomic mass is 10.2. The maximum atomic E-state index is 13.9. The molecule has 0 spiro atoms. The molecule has 7 nitrogen and oxygen atoms in total. The van der Waals surface area contributed by atoms with Gasteiger partial charge < -0.3 is 10.1 Å². The van der Waals surface area contributed by atoms with E-state index in [1.54, 1.807) is 0 Å². The molecule has 2 aromatic carbocycles. The van der Waals surface area contributed by atoms with E-state index in [-0.39, 0.29) is 28.9 Å². The maximum Gasteiger partial charge on any atom is 0.416 e. The Hall–Kier alpha value is -3.67. The first kappa shape index (κ1) is 23.0. The third-order valence-corrected chi connectivity index (χ3v) is 5.48. The van der Waals surface area contributed by atoms with E-state index in [2.05, 4.69) is 10.3 Å². The normalized spacial score (nSPS) is 11.7. The zero-order chi connectivity index (χ0) is 23.5. The van der Waals surface area contributed by atoms with Crippen LogP contribution in [0.2, 0.25) is 0 Å². The van der Waals surface area contributed by atoms with Crippen molar-refractivity contribution in [2.24, 2.45) is 0 Å². The van der Waals surface area contributed by atoms with E-state index in [1.807, 2.05) is 4.72 Å². The smallest absolute Gasteiger partial charge is 0.416 e. The molecular formula is C20H15F4N3O4S. The number of nitrogens with one attached hydrogen (secondary N) is 2. The summed E-state index contributed by atoms with van der Waals surface area (Å²) in [7, 11) is -3.19. The molecule has 1 aromatic heterocycles. The van der Waals surface area contributed by atoms with Gasteiger partial charge in [0.25, 0.3) is 15.9 Å². The van der Waals surface area contributed by atoms with Crippen molar-refractivity contribution in [3.8, 4) is 11.5 Å². The van der Waals surface area contributed by atoms with Crippen LogP contribution in [-0.2, 0) is 16.2 Å². The molecular weight excluding hydrogens is 454 g/mol. The third kappa shape index (κ3) is 5.32. The Morgan fingerprint density at radius 3 is 2.31 bits per heavy atom. The predicted octanol–water partition coefficient (Wildman–Crippen LogP) is 4.19. The van der Waals surface area contributed by atoms with Crippen molar-refractivity contribution in [2.75, 3.05) is 11.8 Å². The van der Waals surface area contributed by atoms with Gasteiger partial charge in [-0.25, -0.2) is 12.8 Å². The Morgan fingerprint density at radius 1 is 1.00 bits per heavy atom. The molecule has 0 aliphatic carbocycles. The van der Waals surface area contributed by atoms with Crippen LogP contribution < -0.4 is 14.8 Å². The number of halogens is 4. The van der Waals surface area contributed by atoms with Gasteiger partial charge in [-0.2, -0.15) is 13.2 Å². The number of hydrogen-bond donors (Lipinski definition) is 2. The van der Waals surface area contributed by atoms with Crippen molar-refractivity contribution in [1.82, 2.24) is 10.3 Å². The molecule has 168 valence electrons. The summed E-state index contributed by atoms with van der Waals surface area (Å²) in [6, 6.07) is 9.32. The van der Waals surface area contributed by atoms with Crippen LogP contribution >= 0.6 is 0 Å². The molecule has 0 aliphatic heterocycles. The lowest BCUT2D eigenvalue weighted by Crippen LogP contribution is -2.18. The first-order chi connectivity index (χ1) is 15.0. The van der Waals surface area contributed by atoms with Crippen LogP contribution in [0.1, 0.15) is 16.1 Å². The molecule has 0 saturated heterocycles. The minimum atomic E-state index is -4.83. The van der Waals surface area contributed by atoms with E-state index < -0.39 is 38.4 Å². The average Bonchev–Trinajstić information content (AvgIpc) is 2.74. The average molecular weight is 469 g/mol. The summed E-state index contributed by atoms with van der Waals surface area (Å²) in [6.07, 6.45) is -3.46. The lowest BCUT2D eigenvalue weighted by molar-refractivity contribution is -0.137. The summed E-state index contributed by atoms with van der Waals surface area (Å²) < 4.78 is 84.9. The number of amides is 1. The Balaban J connectivity index is 1.78. The molecule has 0 bridgehead atoms. The van der Waals surface area contributed by atoms with Crippen molar-refractivity contribution < 1.29 is 35.5 Å². The Labute approximate surface area is 180 Å². The molecule has 32 heavy (non-hydrogen) atoms. The van der Waals surface area contributed by atoms with Crippen molar-refractivity contribution in [2.45, 2.75) is 11.1 Å². The Morgan fingerprint density at radius 2 is 1.69 bits per heavy atom. The number of nitrogens with zero attached hydrogens (tertiary/aromatic N) is 1. The molecule has 0 aliphatic rings. The van der Waals surface area contributed by atoms with Crippen LogP contribution in [-0.4, -0.2) is 26.4 Å². The van der Waals surface area contributed by atoms with E-state index in [4.69, 9.17) is 4.74 Å². The fourth-order valence-corrected chi connectivity index (χ4v) is 3.71. The number of benzene rings is 2. The first-order valence-corrected chi connectivity index (χ1v) is 10.3. The zero-order valence-electron chi connectivity index (χ0n) is 16.3. The summed E-state index contributed by atoms with van der Waals surface area (Å²) >= 11 is 0. The molecule has 0 unspecified atom stereocenters. The van der Waals surface area contributed by atoms with Gasteiger partial charge in [0.1, 0.15) is 27.9 Å². The van der Waals surface area contributed by atoms with Gasteiger partial charge in [0.2, 0.25) is 0 Å². The fraction of sp³-hybridized carbons (Fsp3) is 0.100. The molecule has 2 N–H and O–H groups in total. The molecule has 3 rings (SSSR count). The number of pyridine rings is 1. The number of aromatic nitrogens is 1. The maximum absolute atomic E-state index is 13.9. The third-order valence-electron chi connectivity index (χ3n) is 4.08. The van der Waals surface area contributed by atoms with Gasteiger partial charge in [-0.3, -0.25) is 14.5 Å². The van der Waals surface area contributed by atoms with Gasteiger partial charge in [0, 0.05) is 25.0 Å². The van der Waals surface area contributed by atoms with E-state index in [1.165, 1.54) is 49.6 Å². The van der Waals surface area contributed by atoms with Gasteiger partial charge in [0.15, 0.2) is 0 Å².